The molecule has 0 amide bonds. The van der Waals surface area contributed by atoms with Crippen molar-refractivity contribution in [3.05, 3.63) is 11.9 Å². The molecular formula is C8H14N2O2. The van der Waals surface area contributed by atoms with Gasteiger partial charge in [0.1, 0.15) is 0 Å². The van der Waals surface area contributed by atoms with Crippen molar-refractivity contribution in [2.45, 2.75) is 19.9 Å². The summed E-state index contributed by atoms with van der Waals surface area (Å²) in [4.78, 5) is 0. The molecule has 0 aliphatic carbocycles. The van der Waals surface area contributed by atoms with Gasteiger partial charge in [0.15, 0.2) is 5.75 Å². The van der Waals surface area contributed by atoms with E-state index in [0.29, 0.717) is 6.42 Å². The summed E-state index contributed by atoms with van der Waals surface area (Å²) in [5.74, 6) is 0.755. The number of nitrogens with zero attached hydrogens (tertiary/aromatic N) is 2. The van der Waals surface area contributed by atoms with Crippen LogP contribution in [-0.2, 0) is 13.0 Å². The second kappa shape index (κ2) is 4.11. The Kier molecular flexibility index (Phi) is 3.10. The number of rotatable bonds is 4. The molecule has 1 N–H and O–H groups in total. The van der Waals surface area contributed by atoms with E-state index in [4.69, 9.17) is 9.84 Å². The first kappa shape index (κ1) is 9.06. The van der Waals surface area contributed by atoms with Crippen LogP contribution in [0.3, 0.4) is 0 Å². The minimum absolute atomic E-state index is 0.127. The molecule has 0 unspecified atom stereocenters. The van der Waals surface area contributed by atoms with Crippen LogP contribution in [0.2, 0.25) is 0 Å². The molecule has 1 aromatic heterocycles. The van der Waals surface area contributed by atoms with Crippen LogP contribution in [0.25, 0.3) is 0 Å². The van der Waals surface area contributed by atoms with Crippen molar-refractivity contribution in [3.63, 3.8) is 0 Å². The highest BCUT2D eigenvalue weighted by Gasteiger charge is 2.08. The molecule has 4 nitrogen and oxygen atoms in total. The summed E-state index contributed by atoms with van der Waals surface area (Å²) in [6.07, 6.45) is 2.27. The average Bonchev–Trinajstić information content (AvgIpc) is 2.48. The minimum atomic E-state index is 0.127. The minimum Gasteiger partial charge on any atom is -0.493 e. The summed E-state index contributed by atoms with van der Waals surface area (Å²) in [7, 11) is 1.61. The second-order valence-corrected chi connectivity index (χ2v) is 2.45. The van der Waals surface area contributed by atoms with Crippen LogP contribution in [-0.4, -0.2) is 28.6 Å². The van der Waals surface area contributed by atoms with Gasteiger partial charge in [-0.15, -0.1) is 0 Å². The molecular weight excluding hydrogens is 156 g/mol. The Morgan fingerprint density at radius 2 is 2.42 bits per heavy atom. The van der Waals surface area contributed by atoms with Gasteiger partial charge in [-0.25, -0.2) is 0 Å². The predicted molar refractivity (Wildman–Crippen MR) is 45.2 cm³/mol. The Morgan fingerprint density at radius 3 is 2.92 bits per heavy atom. The molecule has 68 valence electrons. The third-order valence-corrected chi connectivity index (χ3v) is 1.78. The van der Waals surface area contributed by atoms with Gasteiger partial charge in [-0.2, -0.15) is 5.10 Å². The van der Waals surface area contributed by atoms with Gasteiger partial charge >= 0.3 is 0 Å². The number of hydrogen-bond acceptors (Lipinski definition) is 3. The summed E-state index contributed by atoms with van der Waals surface area (Å²) < 4.78 is 6.91. The fourth-order valence-electron chi connectivity index (χ4n) is 1.19. The van der Waals surface area contributed by atoms with Crippen molar-refractivity contribution in [2.75, 3.05) is 13.7 Å². The molecule has 0 aliphatic rings. The number of ether oxygens (including phenoxy) is 1. The Morgan fingerprint density at radius 1 is 1.67 bits per heavy atom. The van der Waals surface area contributed by atoms with Crippen molar-refractivity contribution in [1.29, 1.82) is 0 Å². The van der Waals surface area contributed by atoms with Gasteiger partial charge in [-0.1, -0.05) is 0 Å². The summed E-state index contributed by atoms with van der Waals surface area (Å²) in [6.45, 7) is 2.94. The fourth-order valence-corrected chi connectivity index (χ4v) is 1.19. The molecule has 1 heterocycles. The number of hydrogen-bond donors (Lipinski definition) is 1. The van der Waals surface area contributed by atoms with Crippen LogP contribution >= 0.6 is 0 Å². The number of aryl methyl sites for hydroxylation is 1. The molecule has 1 rings (SSSR count). The highest BCUT2D eigenvalue weighted by atomic mass is 16.5. The quantitative estimate of drug-likeness (QED) is 0.713. The van der Waals surface area contributed by atoms with Crippen LogP contribution in [0, 0.1) is 0 Å². The van der Waals surface area contributed by atoms with Crippen LogP contribution in [0.5, 0.6) is 5.75 Å². The number of aliphatic hydroxyl groups excluding tert-OH is 1. The average molecular weight is 170 g/mol. The molecule has 4 heteroatoms. The SMILES string of the molecule is CCn1ncc(OC)c1CCO. The van der Waals surface area contributed by atoms with Crippen LogP contribution < -0.4 is 4.74 Å². The van der Waals surface area contributed by atoms with Crippen molar-refractivity contribution in [1.82, 2.24) is 9.78 Å². The maximum absolute atomic E-state index is 8.78. The lowest BCUT2D eigenvalue weighted by Crippen LogP contribution is -2.05. The second-order valence-electron chi connectivity index (χ2n) is 2.45. The Labute approximate surface area is 71.8 Å². The maximum Gasteiger partial charge on any atom is 0.160 e. The molecule has 0 fully saturated rings. The zero-order valence-electron chi connectivity index (χ0n) is 7.45. The van der Waals surface area contributed by atoms with E-state index >= 15 is 0 Å². The van der Waals surface area contributed by atoms with E-state index in [1.165, 1.54) is 0 Å². The summed E-state index contributed by atoms with van der Waals surface area (Å²) in [6, 6.07) is 0. The topological polar surface area (TPSA) is 47.3 Å². The fraction of sp³-hybridized carbons (Fsp3) is 0.625. The first-order valence-electron chi connectivity index (χ1n) is 4.03. The van der Waals surface area contributed by atoms with E-state index in [2.05, 4.69) is 5.10 Å². The molecule has 0 atom stereocenters. The number of aromatic nitrogens is 2. The Balaban J connectivity index is 2.90. The molecule has 0 saturated heterocycles. The van der Waals surface area contributed by atoms with Crippen LogP contribution in [0.15, 0.2) is 6.20 Å². The lowest BCUT2D eigenvalue weighted by molar-refractivity contribution is 0.292. The maximum atomic E-state index is 8.78. The Hall–Kier alpha value is -1.03. The van der Waals surface area contributed by atoms with E-state index in [1.54, 1.807) is 13.3 Å². The molecule has 0 aliphatic heterocycles. The van der Waals surface area contributed by atoms with Gasteiger partial charge in [-0.3, -0.25) is 4.68 Å². The van der Waals surface area contributed by atoms with E-state index in [1.807, 2.05) is 11.6 Å². The number of methoxy groups -OCH3 is 1. The highest BCUT2D eigenvalue weighted by Crippen LogP contribution is 2.17. The first-order chi connectivity index (χ1) is 5.83. The van der Waals surface area contributed by atoms with Crippen molar-refractivity contribution >= 4 is 0 Å². The van der Waals surface area contributed by atoms with Gasteiger partial charge in [-0.05, 0) is 6.92 Å². The molecule has 12 heavy (non-hydrogen) atoms. The zero-order chi connectivity index (χ0) is 8.97. The third kappa shape index (κ3) is 1.58. The molecule has 0 saturated carbocycles. The van der Waals surface area contributed by atoms with E-state index < -0.39 is 0 Å². The van der Waals surface area contributed by atoms with E-state index in [0.717, 1.165) is 18.0 Å². The van der Waals surface area contributed by atoms with E-state index in [9.17, 15) is 0 Å². The largest absolute Gasteiger partial charge is 0.493 e. The van der Waals surface area contributed by atoms with Crippen molar-refractivity contribution in [3.8, 4) is 5.75 Å². The van der Waals surface area contributed by atoms with Crippen LogP contribution in [0.1, 0.15) is 12.6 Å². The normalized spacial score (nSPS) is 10.2. The van der Waals surface area contributed by atoms with Crippen molar-refractivity contribution < 1.29 is 9.84 Å². The van der Waals surface area contributed by atoms with Gasteiger partial charge in [0.05, 0.1) is 19.0 Å². The van der Waals surface area contributed by atoms with Gasteiger partial charge in [0.25, 0.3) is 0 Å². The van der Waals surface area contributed by atoms with Crippen LogP contribution in [0.4, 0.5) is 0 Å². The lowest BCUT2D eigenvalue weighted by Gasteiger charge is -2.04. The summed E-state index contributed by atoms with van der Waals surface area (Å²) >= 11 is 0. The van der Waals surface area contributed by atoms with Crippen molar-refractivity contribution in [2.24, 2.45) is 0 Å². The molecule has 0 bridgehead atoms. The van der Waals surface area contributed by atoms with E-state index in [-0.39, 0.29) is 6.61 Å². The summed E-state index contributed by atoms with van der Waals surface area (Å²) in [5, 5.41) is 12.9. The smallest absolute Gasteiger partial charge is 0.160 e. The zero-order valence-corrected chi connectivity index (χ0v) is 7.45. The third-order valence-electron chi connectivity index (χ3n) is 1.78. The van der Waals surface area contributed by atoms with Gasteiger partial charge in [0.2, 0.25) is 0 Å². The lowest BCUT2D eigenvalue weighted by atomic mass is 10.3. The predicted octanol–water partition coefficient (Wildman–Crippen LogP) is 0.446. The monoisotopic (exact) mass is 170 g/mol. The number of aliphatic hydroxyl groups is 1. The summed E-state index contributed by atoms with van der Waals surface area (Å²) in [5.41, 5.74) is 0.961. The van der Waals surface area contributed by atoms with Gasteiger partial charge < -0.3 is 9.84 Å². The van der Waals surface area contributed by atoms with Gasteiger partial charge in [0, 0.05) is 19.6 Å². The molecule has 0 spiro atoms. The molecule has 1 aromatic rings. The highest BCUT2D eigenvalue weighted by molar-refractivity contribution is 5.25. The molecule has 0 radical (unpaired) electrons. The Bertz CT molecular complexity index is 224. The first-order valence-corrected chi connectivity index (χ1v) is 4.03. The standard InChI is InChI=1S/C8H14N2O2/c1-3-10-7(4-5-11)8(12-2)6-9-10/h6,11H,3-5H2,1-2H3. The molecule has 0 aromatic carbocycles.